The highest BCUT2D eigenvalue weighted by molar-refractivity contribution is 5.82. The smallest absolute Gasteiger partial charge is 0.242 e. The molecule has 0 bridgehead atoms. The number of amides is 1. The van der Waals surface area contributed by atoms with Gasteiger partial charge in [0.2, 0.25) is 5.91 Å². The summed E-state index contributed by atoms with van der Waals surface area (Å²) in [6.07, 6.45) is -0.0301. The van der Waals surface area contributed by atoms with Crippen LogP contribution in [0, 0.1) is 0 Å². The van der Waals surface area contributed by atoms with Crippen LogP contribution in [0.5, 0.6) is 0 Å². The first-order valence-electron chi connectivity index (χ1n) is 5.15. The van der Waals surface area contributed by atoms with E-state index in [4.69, 9.17) is 4.74 Å². The van der Waals surface area contributed by atoms with Crippen LogP contribution < -0.4 is 5.32 Å². The third kappa shape index (κ3) is 2.45. The maximum atomic E-state index is 11.9. The lowest BCUT2D eigenvalue weighted by Gasteiger charge is -2.33. The lowest BCUT2D eigenvalue weighted by molar-refractivity contribution is -0.139. The number of likely N-dealkylation sites (N-methyl/N-ethyl adjacent to an activating group) is 1. The van der Waals surface area contributed by atoms with Crippen molar-refractivity contribution in [2.45, 2.75) is 39.0 Å². The van der Waals surface area contributed by atoms with Gasteiger partial charge in [0.15, 0.2) is 0 Å². The lowest BCUT2D eigenvalue weighted by atomic mass is 10.1. The topological polar surface area (TPSA) is 41.6 Å². The first kappa shape index (κ1) is 11.5. The highest BCUT2D eigenvalue weighted by Gasteiger charge is 2.31. The molecule has 0 aromatic heterocycles. The van der Waals surface area contributed by atoms with Crippen LogP contribution in [0.15, 0.2) is 0 Å². The molecule has 4 nitrogen and oxygen atoms in total. The molecule has 1 rings (SSSR count). The van der Waals surface area contributed by atoms with Crippen molar-refractivity contribution in [3.05, 3.63) is 0 Å². The molecule has 0 aliphatic carbocycles. The SMILES string of the molecule is CC1OCCNC1C(=O)N(C)C(C)C. The van der Waals surface area contributed by atoms with Crippen LogP contribution in [0.1, 0.15) is 20.8 Å². The maximum absolute atomic E-state index is 11.9. The van der Waals surface area contributed by atoms with Gasteiger partial charge in [-0.1, -0.05) is 0 Å². The summed E-state index contributed by atoms with van der Waals surface area (Å²) in [5.74, 6) is 0.118. The number of carbonyl (C=O) groups is 1. The molecule has 0 aromatic rings. The summed E-state index contributed by atoms with van der Waals surface area (Å²) in [6, 6.07) is 0.0505. The van der Waals surface area contributed by atoms with Gasteiger partial charge in [0.25, 0.3) is 0 Å². The highest BCUT2D eigenvalue weighted by Crippen LogP contribution is 2.08. The van der Waals surface area contributed by atoms with Crippen LogP contribution >= 0.6 is 0 Å². The van der Waals surface area contributed by atoms with E-state index in [-0.39, 0.29) is 24.1 Å². The van der Waals surface area contributed by atoms with E-state index >= 15 is 0 Å². The molecule has 1 aliphatic heterocycles. The van der Waals surface area contributed by atoms with Crippen molar-refractivity contribution in [2.75, 3.05) is 20.2 Å². The molecule has 1 aliphatic rings. The average molecular weight is 200 g/mol. The first-order valence-corrected chi connectivity index (χ1v) is 5.15. The summed E-state index contributed by atoms with van der Waals surface area (Å²) >= 11 is 0. The average Bonchev–Trinajstić information content (AvgIpc) is 2.16. The van der Waals surface area contributed by atoms with E-state index in [0.717, 1.165) is 6.54 Å². The highest BCUT2D eigenvalue weighted by atomic mass is 16.5. The quantitative estimate of drug-likeness (QED) is 0.694. The number of carbonyl (C=O) groups excluding carboxylic acids is 1. The van der Waals surface area contributed by atoms with Crippen LogP contribution in [-0.2, 0) is 9.53 Å². The minimum absolute atomic E-state index is 0.0301. The zero-order chi connectivity index (χ0) is 10.7. The Balaban J connectivity index is 2.58. The summed E-state index contributed by atoms with van der Waals surface area (Å²) in [4.78, 5) is 13.7. The van der Waals surface area contributed by atoms with Crippen molar-refractivity contribution in [3.8, 4) is 0 Å². The minimum Gasteiger partial charge on any atom is -0.375 e. The predicted molar refractivity (Wildman–Crippen MR) is 55.1 cm³/mol. The molecule has 4 heteroatoms. The Morgan fingerprint density at radius 3 is 2.71 bits per heavy atom. The van der Waals surface area contributed by atoms with Crippen molar-refractivity contribution >= 4 is 5.91 Å². The summed E-state index contributed by atoms with van der Waals surface area (Å²) in [7, 11) is 1.83. The Morgan fingerprint density at radius 2 is 2.21 bits per heavy atom. The zero-order valence-corrected chi connectivity index (χ0v) is 9.41. The third-order valence-electron chi connectivity index (χ3n) is 2.70. The number of rotatable bonds is 2. The third-order valence-corrected chi connectivity index (χ3v) is 2.70. The predicted octanol–water partition coefficient (Wildman–Crippen LogP) is 0.230. The molecule has 1 fully saturated rings. The summed E-state index contributed by atoms with van der Waals surface area (Å²) in [5, 5.41) is 3.19. The summed E-state index contributed by atoms with van der Waals surface area (Å²) < 4.78 is 5.43. The fourth-order valence-corrected chi connectivity index (χ4v) is 1.48. The van der Waals surface area contributed by atoms with Gasteiger partial charge in [-0.05, 0) is 20.8 Å². The second kappa shape index (κ2) is 4.75. The Morgan fingerprint density at radius 1 is 1.57 bits per heavy atom. The number of ether oxygens (including phenoxy) is 1. The fourth-order valence-electron chi connectivity index (χ4n) is 1.48. The van der Waals surface area contributed by atoms with Gasteiger partial charge in [0.05, 0.1) is 12.7 Å². The molecule has 0 spiro atoms. The van der Waals surface area contributed by atoms with Crippen molar-refractivity contribution in [1.29, 1.82) is 0 Å². The van der Waals surface area contributed by atoms with E-state index in [9.17, 15) is 4.79 Å². The largest absolute Gasteiger partial charge is 0.375 e. The Bertz CT molecular complexity index is 206. The fraction of sp³-hybridized carbons (Fsp3) is 0.900. The summed E-state index contributed by atoms with van der Waals surface area (Å²) in [5.41, 5.74) is 0. The normalized spacial score (nSPS) is 27.8. The Hall–Kier alpha value is -0.610. The molecule has 1 heterocycles. The zero-order valence-electron chi connectivity index (χ0n) is 9.41. The second-order valence-electron chi connectivity index (χ2n) is 4.05. The van der Waals surface area contributed by atoms with Crippen molar-refractivity contribution in [1.82, 2.24) is 10.2 Å². The molecular formula is C10H20N2O2. The van der Waals surface area contributed by atoms with Crippen LogP contribution in [-0.4, -0.2) is 49.2 Å². The molecule has 1 saturated heterocycles. The number of morpholine rings is 1. The van der Waals surface area contributed by atoms with Crippen LogP contribution in [0.2, 0.25) is 0 Å². The molecule has 2 atom stereocenters. The van der Waals surface area contributed by atoms with Gasteiger partial charge in [0, 0.05) is 19.6 Å². The number of nitrogens with zero attached hydrogens (tertiary/aromatic N) is 1. The summed E-state index contributed by atoms with van der Waals surface area (Å²) in [6.45, 7) is 7.39. The van der Waals surface area contributed by atoms with E-state index in [2.05, 4.69) is 5.32 Å². The van der Waals surface area contributed by atoms with Gasteiger partial charge < -0.3 is 15.0 Å². The molecule has 2 unspecified atom stereocenters. The van der Waals surface area contributed by atoms with Crippen LogP contribution in [0.4, 0.5) is 0 Å². The van der Waals surface area contributed by atoms with E-state index in [0.29, 0.717) is 6.61 Å². The second-order valence-corrected chi connectivity index (χ2v) is 4.05. The number of hydrogen-bond acceptors (Lipinski definition) is 3. The first-order chi connectivity index (χ1) is 6.54. The molecule has 1 amide bonds. The van der Waals surface area contributed by atoms with Gasteiger partial charge in [-0.15, -0.1) is 0 Å². The van der Waals surface area contributed by atoms with Gasteiger partial charge in [-0.2, -0.15) is 0 Å². The molecule has 1 N–H and O–H groups in total. The Labute approximate surface area is 85.6 Å². The van der Waals surface area contributed by atoms with Crippen molar-refractivity contribution in [2.24, 2.45) is 0 Å². The lowest BCUT2D eigenvalue weighted by Crippen LogP contribution is -2.56. The van der Waals surface area contributed by atoms with Gasteiger partial charge in [-0.25, -0.2) is 0 Å². The van der Waals surface area contributed by atoms with Gasteiger partial charge >= 0.3 is 0 Å². The van der Waals surface area contributed by atoms with Crippen molar-refractivity contribution in [3.63, 3.8) is 0 Å². The van der Waals surface area contributed by atoms with Crippen molar-refractivity contribution < 1.29 is 9.53 Å². The van der Waals surface area contributed by atoms with E-state index in [1.807, 2.05) is 27.8 Å². The molecular weight excluding hydrogens is 180 g/mol. The molecule has 82 valence electrons. The standard InChI is InChI=1S/C10H20N2O2/c1-7(2)12(4)10(13)9-8(3)14-6-5-11-9/h7-9,11H,5-6H2,1-4H3. The minimum atomic E-state index is -0.184. The van der Waals surface area contributed by atoms with E-state index in [1.54, 1.807) is 4.90 Å². The monoisotopic (exact) mass is 200 g/mol. The number of hydrogen-bond donors (Lipinski definition) is 1. The van der Waals surface area contributed by atoms with Crippen LogP contribution in [0.25, 0.3) is 0 Å². The molecule has 0 saturated carbocycles. The van der Waals surface area contributed by atoms with Crippen LogP contribution in [0.3, 0.4) is 0 Å². The molecule has 14 heavy (non-hydrogen) atoms. The molecule has 0 aromatic carbocycles. The Kier molecular flexibility index (Phi) is 3.89. The van der Waals surface area contributed by atoms with Gasteiger partial charge in [-0.3, -0.25) is 4.79 Å². The van der Waals surface area contributed by atoms with E-state index in [1.165, 1.54) is 0 Å². The maximum Gasteiger partial charge on any atom is 0.242 e. The van der Waals surface area contributed by atoms with Gasteiger partial charge in [0.1, 0.15) is 6.04 Å². The molecule has 0 radical (unpaired) electrons. The number of nitrogens with one attached hydrogen (secondary N) is 1. The van der Waals surface area contributed by atoms with E-state index < -0.39 is 0 Å².